The quantitative estimate of drug-likeness (QED) is 0.492. The highest BCUT2D eigenvalue weighted by molar-refractivity contribution is 7.14. The molecule has 1 amide bonds. The Morgan fingerprint density at radius 1 is 1.10 bits per heavy atom. The summed E-state index contributed by atoms with van der Waals surface area (Å²) in [6.07, 6.45) is -0.914. The smallest absolute Gasteiger partial charge is 0.344 e. The normalized spacial score (nSPS) is 11.8. The van der Waals surface area contributed by atoms with E-state index < -0.39 is 12.1 Å². The second-order valence-electron chi connectivity index (χ2n) is 7.13. The van der Waals surface area contributed by atoms with Gasteiger partial charge < -0.3 is 14.8 Å². The number of Topliss-reactive ketones (excluding diaryl/α,β-unsaturated/α-hetero) is 1. The lowest BCUT2D eigenvalue weighted by atomic mass is 9.98. The summed E-state index contributed by atoms with van der Waals surface area (Å²) in [5.74, 6) is -0.0239. The Balaban J connectivity index is 1.86. The molecule has 0 saturated carbocycles. The fourth-order valence-corrected chi connectivity index (χ4v) is 3.80. The van der Waals surface area contributed by atoms with Gasteiger partial charge in [0.25, 0.3) is 0 Å². The van der Waals surface area contributed by atoms with Gasteiger partial charge in [-0.2, -0.15) is 0 Å². The molecule has 0 bridgehead atoms. The number of hydrogen-bond acceptors (Lipinski definition) is 6. The standard InChI is InChI=1S/C22H27NO5S/c1-13(2)19-8-6-17(10-14(19)3)27-12-21(25)28-15(4)22(26)20-9-7-18(29-20)11-23-16(5)24/h6-10,13,15H,11-12H2,1-5H3,(H,23,24). The van der Waals surface area contributed by atoms with Gasteiger partial charge in [0.15, 0.2) is 12.7 Å². The van der Waals surface area contributed by atoms with E-state index in [1.807, 2.05) is 25.1 Å². The molecular weight excluding hydrogens is 390 g/mol. The molecule has 1 aromatic heterocycles. The highest BCUT2D eigenvalue weighted by Gasteiger charge is 2.21. The molecule has 1 aromatic carbocycles. The fraction of sp³-hybridized carbons (Fsp3) is 0.409. The summed E-state index contributed by atoms with van der Waals surface area (Å²) in [5.41, 5.74) is 2.33. The van der Waals surface area contributed by atoms with E-state index in [4.69, 9.17) is 9.47 Å². The third-order valence-electron chi connectivity index (χ3n) is 4.31. The van der Waals surface area contributed by atoms with Crippen LogP contribution in [0.2, 0.25) is 0 Å². The van der Waals surface area contributed by atoms with Crippen LogP contribution in [-0.2, 0) is 20.9 Å². The highest BCUT2D eigenvalue weighted by Crippen LogP contribution is 2.23. The number of hydrogen-bond donors (Lipinski definition) is 1. The number of nitrogens with one attached hydrogen (secondary N) is 1. The molecule has 6 nitrogen and oxygen atoms in total. The van der Waals surface area contributed by atoms with Crippen molar-refractivity contribution in [2.24, 2.45) is 0 Å². The Morgan fingerprint density at radius 2 is 1.83 bits per heavy atom. The number of ketones is 1. The lowest BCUT2D eigenvalue weighted by Gasteiger charge is -2.14. The van der Waals surface area contributed by atoms with Crippen LogP contribution < -0.4 is 10.1 Å². The van der Waals surface area contributed by atoms with Crippen LogP contribution in [0.5, 0.6) is 5.75 Å². The number of benzene rings is 1. The van der Waals surface area contributed by atoms with Crippen LogP contribution in [0.1, 0.15) is 59.3 Å². The molecule has 1 heterocycles. The molecule has 1 unspecified atom stereocenters. The predicted octanol–water partition coefficient (Wildman–Crippen LogP) is 4.01. The molecule has 0 spiro atoms. The minimum Gasteiger partial charge on any atom is -0.482 e. The summed E-state index contributed by atoms with van der Waals surface area (Å²) in [6, 6.07) is 9.15. The van der Waals surface area contributed by atoms with Crippen LogP contribution in [0.15, 0.2) is 30.3 Å². The Labute approximate surface area is 175 Å². The van der Waals surface area contributed by atoms with Crippen molar-refractivity contribution < 1.29 is 23.9 Å². The zero-order valence-electron chi connectivity index (χ0n) is 17.4. The van der Waals surface area contributed by atoms with Crippen LogP contribution >= 0.6 is 11.3 Å². The van der Waals surface area contributed by atoms with Crippen molar-refractivity contribution in [2.45, 2.75) is 53.2 Å². The second-order valence-corrected chi connectivity index (χ2v) is 8.30. The maximum absolute atomic E-state index is 12.5. The molecule has 0 radical (unpaired) electrons. The molecule has 0 aliphatic heterocycles. The summed E-state index contributed by atoms with van der Waals surface area (Å²) in [5, 5.41) is 2.68. The van der Waals surface area contributed by atoms with Crippen molar-refractivity contribution in [3.63, 3.8) is 0 Å². The van der Waals surface area contributed by atoms with Gasteiger partial charge in [-0.05, 0) is 55.2 Å². The summed E-state index contributed by atoms with van der Waals surface area (Å²) < 4.78 is 10.7. The number of aryl methyl sites for hydroxylation is 1. The van der Waals surface area contributed by atoms with Gasteiger partial charge in [-0.3, -0.25) is 9.59 Å². The van der Waals surface area contributed by atoms with Gasteiger partial charge >= 0.3 is 5.97 Å². The largest absolute Gasteiger partial charge is 0.482 e. The predicted molar refractivity (Wildman–Crippen MR) is 112 cm³/mol. The molecule has 1 N–H and O–H groups in total. The first-order chi connectivity index (χ1) is 13.7. The SMILES string of the molecule is CC(=O)NCc1ccc(C(=O)C(C)OC(=O)COc2ccc(C(C)C)c(C)c2)s1. The summed E-state index contributed by atoms with van der Waals surface area (Å²) >= 11 is 1.27. The molecule has 156 valence electrons. The van der Waals surface area contributed by atoms with Gasteiger partial charge in [-0.1, -0.05) is 19.9 Å². The molecular formula is C22H27NO5S. The lowest BCUT2D eigenvalue weighted by Crippen LogP contribution is -2.26. The van der Waals surface area contributed by atoms with Crippen LogP contribution in [0.25, 0.3) is 0 Å². The van der Waals surface area contributed by atoms with E-state index in [1.54, 1.807) is 12.1 Å². The molecule has 29 heavy (non-hydrogen) atoms. The summed E-state index contributed by atoms with van der Waals surface area (Å²) in [4.78, 5) is 36.8. The van der Waals surface area contributed by atoms with Crippen LogP contribution in [0.3, 0.4) is 0 Å². The van der Waals surface area contributed by atoms with Gasteiger partial charge in [0, 0.05) is 11.8 Å². The highest BCUT2D eigenvalue weighted by atomic mass is 32.1. The Bertz CT molecular complexity index is 887. The van der Waals surface area contributed by atoms with Crippen molar-refractivity contribution in [3.8, 4) is 5.75 Å². The van der Waals surface area contributed by atoms with E-state index >= 15 is 0 Å². The van der Waals surface area contributed by atoms with Crippen LogP contribution in [-0.4, -0.2) is 30.4 Å². The first-order valence-corrected chi connectivity index (χ1v) is 10.3. The van der Waals surface area contributed by atoms with Crippen molar-refractivity contribution >= 4 is 29.0 Å². The first kappa shape index (κ1) is 22.6. The Hall–Kier alpha value is -2.67. The molecule has 0 fully saturated rings. The maximum Gasteiger partial charge on any atom is 0.344 e. The summed E-state index contributed by atoms with van der Waals surface area (Å²) in [6.45, 7) is 9.31. The molecule has 0 aliphatic rings. The van der Waals surface area contributed by atoms with E-state index in [9.17, 15) is 14.4 Å². The number of carbonyl (C=O) groups is 3. The average molecular weight is 418 g/mol. The maximum atomic E-state index is 12.5. The Morgan fingerprint density at radius 3 is 2.45 bits per heavy atom. The van der Waals surface area contributed by atoms with Gasteiger partial charge in [0.2, 0.25) is 11.7 Å². The minimum atomic E-state index is -0.914. The van der Waals surface area contributed by atoms with E-state index in [0.717, 1.165) is 10.4 Å². The van der Waals surface area contributed by atoms with Gasteiger partial charge in [0.1, 0.15) is 5.75 Å². The topological polar surface area (TPSA) is 81.7 Å². The number of carbonyl (C=O) groups excluding carboxylic acids is 3. The van der Waals surface area contributed by atoms with E-state index in [0.29, 0.717) is 23.1 Å². The molecule has 2 aromatic rings. The third kappa shape index (κ3) is 6.71. The average Bonchev–Trinajstić information content (AvgIpc) is 3.12. The van der Waals surface area contributed by atoms with Crippen molar-refractivity contribution in [3.05, 3.63) is 51.2 Å². The van der Waals surface area contributed by atoms with E-state index in [1.165, 1.54) is 30.7 Å². The number of amides is 1. The van der Waals surface area contributed by atoms with Crippen molar-refractivity contribution in [1.29, 1.82) is 0 Å². The van der Waals surface area contributed by atoms with Crippen LogP contribution in [0.4, 0.5) is 0 Å². The lowest BCUT2D eigenvalue weighted by molar-refractivity contribution is -0.148. The second kappa shape index (κ2) is 10.2. The molecule has 7 heteroatoms. The van der Waals surface area contributed by atoms with Crippen LogP contribution in [0, 0.1) is 6.92 Å². The van der Waals surface area contributed by atoms with E-state index in [2.05, 4.69) is 19.2 Å². The van der Waals surface area contributed by atoms with Crippen molar-refractivity contribution in [1.82, 2.24) is 5.32 Å². The number of rotatable bonds is 9. The zero-order chi connectivity index (χ0) is 21.6. The van der Waals surface area contributed by atoms with E-state index in [-0.39, 0.29) is 18.3 Å². The Kier molecular flexibility index (Phi) is 7.96. The first-order valence-electron chi connectivity index (χ1n) is 9.47. The van der Waals surface area contributed by atoms with Gasteiger partial charge in [0.05, 0.1) is 11.4 Å². The van der Waals surface area contributed by atoms with Gasteiger partial charge in [-0.15, -0.1) is 11.3 Å². The zero-order valence-corrected chi connectivity index (χ0v) is 18.2. The molecule has 1 atom stereocenters. The molecule has 2 rings (SSSR count). The van der Waals surface area contributed by atoms with Gasteiger partial charge in [-0.25, -0.2) is 4.79 Å². The van der Waals surface area contributed by atoms with Crippen molar-refractivity contribution in [2.75, 3.05) is 6.61 Å². The third-order valence-corrected chi connectivity index (χ3v) is 5.41. The number of thiophene rings is 1. The summed E-state index contributed by atoms with van der Waals surface area (Å²) in [7, 11) is 0. The minimum absolute atomic E-state index is 0.136. The monoisotopic (exact) mass is 417 g/mol. The molecule has 0 aliphatic carbocycles. The molecule has 0 saturated heterocycles. The number of esters is 1. The number of ether oxygens (including phenoxy) is 2. The fourth-order valence-electron chi connectivity index (χ4n) is 2.83.